The van der Waals surface area contributed by atoms with Crippen LogP contribution in [0.1, 0.15) is 33.3 Å². The highest BCUT2D eigenvalue weighted by atomic mass is 79.9. The number of thiophene rings is 1. The lowest BCUT2D eigenvalue weighted by atomic mass is 10.0. The first-order valence-corrected chi connectivity index (χ1v) is 9.67. The van der Waals surface area contributed by atoms with Crippen LogP contribution < -0.4 is 5.32 Å². The van der Waals surface area contributed by atoms with E-state index in [2.05, 4.69) is 27.3 Å². The van der Waals surface area contributed by atoms with Crippen LogP contribution in [0.25, 0.3) is 0 Å². The van der Waals surface area contributed by atoms with Gasteiger partial charge in [-0.3, -0.25) is 4.79 Å². The molecule has 0 radical (unpaired) electrons. The number of rotatable bonds is 3. The number of halogens is 1. The summed E-state index contributed by atoms with van der Waals surface area (Å²) in [5.41, 5.74) is 1.90. The molecule has 134 valence electrons. The number of fused-ring (bicyclic) bond motifs is 1. The van der Waals surface area contributed by atoms with Gasteiger partial charge in [-0.2, -0.15) is 5.26 Å². The lowest BCUT2D eigenvalue weighted by Gasteiger charge is -2.25. The minimum atomic E-state index is -0.356. The summed E-state index contributed by atoms with van der Waals surface area (Å²) in [6, 6.07) is 9.19. The van der Waals surface area contributed by atoms with Crippen LogP contribution >= 0.6 is 27.3 Å². The molecule has 2 heterocycles. The van der Waals surface area contributed by atoms with E-state index in [9.17, 15) is 14.9 Å². The molecule has 1 aromatic heterocycles. The number of hydrogen-bond donors (Lipinski definition) is 1. The minimum absolute atomic E-state index is 0.269. The molecule has 0 saturated heterocycles. The first kappa shape index (κ1) is 18.4. The molecular weight excluding hydrogens is 418 g/mol. The third kappa shape index (κ3) is 3.74. The average molecular weight is 434 g/mol. The molecule has 2 aromatic rings. The molecule has 1 aliphatic rings. The number of amides is 2. The number of ether oxygens (including phenoxy) is 1. The van der Waals surface area contributed by atoms with Crippen molar-refractivity contribution < 1.29 is 14.3 Å². The van der Waals surface area contributed by atoms with Gasteiger partial charge in [0.15, 0.2) is 0 Å². The number of nitrogens with one attached hydrogen (secondary N) is 1. The summed E-state index contributed by atoms with van der Waals surface area (Å²) in [7, 11) is 0. The van der Waals surface area contributed by atoms with Crippen LogP contribution in [-0.4, -0.2) is 30.1 Å². The molecule has 8 heteroatoms. The van der Waals surface area contributed by atoms with Crippen LogP contribution in [0.3, 0.4) is 0 Å². The minimum Gasteiger partial charge on any atom is -0.450 e. The number of carbonyl (C=O) groups is 2. The van der Waals surface area contributed by atoms with Crippen molar-refractivity contribution in [2.75, 3.05) is 18.5 Å². The van der Waals surface area contributed by atoms with Gasteiger partial charge in [0.1, 0.15) is 11.1 Å². The standard InChI is InChI=1S/C18H16BrN3O3S/c1-2-25-18(24)22-8-7-13-14(9-20)17(26-15(13)10-22)21-16(23)11-3-5-12(19)6-4-11/h3-6H,2,7-8,10H2,1H3,(H,21,23). The highest BCUT2D eigenvalue weighted by Gasteiger charge is 2.28. The Morgan fingerprint density at radius 2 is 2.12 bits per heavy atom. The molecule has 2 amide bonds. The van der Waals surface area contributed by atoms with Gasteiger partial charge in [-0.05, 0) is 43.2 Å². The van der Waals surface area contributed by atoms with Gasteiger partial charge in [-0.15, -0.1) is 11.3 Å². The van der Waals surface area contributed by atoms with Gasteiger partial charge < -0.3 is 15.0 Å². The van der Waals surface area contributed by atoms with E-state index in [4.69, 9.17) is 4.74 Å². The molecule has 0 fully saturated rings. The number of carbonyl (C=O) groups excluding carboxylic acids is 2. The molecule has 0 bridgehead atoms. The topological polar surface area (TPSA) is 82.4 Å². The van der Waals surface area contributed by atoms with E-state index in [1.54, 1.807) is 36.1 Å². The zero-order chi connectivity index (χ0) is 18.7. The van der Waals surface area contributed by atoms with Gasteiger partial charge in [0, 0.05) is 21.5 Å². The summed E-state index contributed by atoms with van der Waals surface area (Å²) in [6.45, 7) is 2.98. The maximum atomic E-state index is 12.5. The fourth-order valence-corrected chi connectivity index (χ4v) is 4.23. The second-order valence-corrected chi connectivity index (χ2v) is 7.67. The quantitative estimate of drug-likeness (QED) is 0.787. The highest BCUT2D eigenvalue weighted by molar-refractivity contribution is 9.10. The summed E-state index contributed by atoms with van der Waals surface area (Å²) in [5, 5.41) is 12.9. The summed E-state index contributed by atoms with van der Waals surface area (Å²) < 4.78 is 5.93. The fourth-order valence-electron chi connectivity index (χ4n) is 2.76. The molecule has 3 rings (SSSR count). The van der Waals surface area contributed by atoms with Crippen molar-refractivity contribution in [2.45, 2.75) is 19.9 Å². The molecule has 0 unspecified atom stereocenters. The van der Waals surface area contributed by atoms with Crippen molar-refractivity contribution in [1.82, 2.24) is 4.90 Å². The molecule has 1 aromatic carbocycles. The molecule has 0 spiro atoms. The molecule has 1 N–H and O–H groups in total. The normalized spacial score (nSPS) is 12.9. The van der Waals surface area contributed by atoms with Crippen molar-refractivity contribution >= 4 is 44.3 Å². The number of hydrogen-bond acceptors (Lipinski definition) is 5. The molecule has 0 aliphatic carbocycles. The lowest BCUT2D eigenvalue weighted by molar-refractivity contribution is 0.102. The van der Waals surface area contributed by atoms with Gasteiger partial charge in [-0.25, -0.2) is 4.79 Å². The summed E-state index contributed by atoms with van der Waals surface area (Å²) in [4.78, 5) is 26.9. The van der Waals surface area contributed by atoms with E-state index >= 15 is 0 Å². The van der Waals surface area contributed by atoms with Gasteiger partial charge in [0.25, 0.3) is 5.91 Å². The van der Waals surface area contributed by atoms with E-state index in [1.165, 1.54) is 11.3 Å². The van der Waals surface area contributed by atoms with E-state index in [0.29, 0.717) is 42.2 Å². The predicted molar refractivity (Wildman–Crippen MR) is 102 cm³/mol. The summed E-state index contributed by atoms with van der Waals surface area (Å²) >= 11 is 4.67. The Labute approximate surface area is 163 Å². The molecule has 0 saturated carbocycles. The number of benzene rings is 1. The Bertz CT molecular complexity index is 886. The zero-order valence-corrected chi connectivity index (χ0v) is 16.4. The van der Waals surface area contributed by atoms with Crippen LogP contribution in [-0.2, 0) is 17.7 Å². The van der Waals surface area contributed by atoms with Gasteiger partial charge in [0.2, 0.25) is 0 Å². The average Bonchev–Trinajstić information content (AvgIpc) is 2.98. The fraction of sp³-hybridized carbons (Fsp3) is 0.278. The first-order valence-electron chi connectivity index (χ1n) is 8.06. The van der Waals surface area contributed by atoms with Crippen LogP contribution in [0.2, 0.25) is 0 Å². The molecule has 6 nitrogen and oxygen atoms in total. The zero-order valence-electron chi connectivity index (χ0n) is 14.0. The van der Waals surface area contributed by atoms with Crippen molar-refractivity contribution in [2.24, 2.45) is 0 Å². The maximum absolute atomic E-state index is 12.5. The van der Waals surface area contributed by atoms with Crippen molar-refractivity contribution in [3.05, 3.63) is 50.3 Å². The van der Waals surface area contributed by atoms with Crippen molar-refractivity contribution in [1.29, 1.82) is 5.26 Å². The molecule has 26 heavy (non-hydrogen) atoms. The number of nitrogens with zero attached hydrogens (tertiary/aromatic N) is 2. The maximum Gasteiger partial charge on any atom is 0.410 e. The van der Waals surface area contributed by atoms with Gasteiger partial charge in [0.05, 0.1) is 18.7 Å². The van der Waals surface area contributed by atoms with E-state index in [1.807, 2.05) is 0 Å². The van der Waals surface area contributed by atoms with Crippen LogP contribution in [0.15, 0.2) is 28.7 Å². The Kier molecular flexibility index (Phi) is 5.59. The first-order chi connectivity index (χ1) is 12.5. The summed E-state index contributed by atoms with van der Waals surface area (Å²) in [5.74, 6) is -0.269. The second kappa shape index (κ2) is 7.89. The third-order valence-corrected chi connectivity index (χ3v) is 5.69. The highest BCUT2D eigenvalue weighted by Crippen LogP contribution is 2.37. The monoisotopic (exact) mass is 433 g/mol. The lowest BCUT2D eigenvalue weighted by Crippen LogP contribution is -2.35. The van der Waals surface area contributed by atoms with Crippen molar-refractivity contribution in [3.8, 4) is 6.07 Å². The number of nitriles is 1. The Morgan fingerprint density at radius 1 is 1.38 bits per heavy atom. The van der Waals surface area contributed by atoms with Gasteiger partial charge >= 0.3 is 6.09 Å². The van der Waals surface area contributed by atoms with E-state index < -0.39 is 0 Å². The molecular formula is C18H16BrN3O3S. The smallest absolute Gasteiger partial charge is 0.410 e. The van der Waals surface area contributed by atoms with E-state index in [-0.39, 0.29) is 12.0 Å². The SMILES string of the molecule is CCOC(=O)N1CCc2c(sc(NC(=O)c3ccc(Br)cc3)c2C#N)C1. The Morgan fingerprint density at radius 3 is 2.77 bits per heavy atom. The Hall–Kier alpha value is -2.37. The molecule has 0 atom stereocenters. The van der Waals surface area contributed by atoms with Crippen LogP contribution in [0, 0.1) is 11.3 Å². The summed E-state index contributed by atoms with van der Waals surface area (Å²) in [6.07, 6.45) is 0.215. The third-order valence-electron chi connectivity index (χ3n) is 4.03. The predicted octanol–water partition coefficient (Wildman–Crippen LogP) is 4.15. The Balaban J connectivity index is 1.82. The van der Waals surface area contributed by atoms with Crippen LogP contribution in [0.5, 0.6) is 0 Å². The van der Waals surface area contributed by atoms with E-state index in [0.717, 1.165) is 14.9 Å². The largest absolute Gasteiger partial charge is 0.450 e. The second-order valence-electron chi connectivity index (χ2n) is 5.65. The van der Waals surface area contributed by atoms with Crippen molar-refractivity contribution in [3.63, 3.8) is 0 Å². The van der Waals surface area contributed by atoms with Crippen LogP contribution in [0.4, 0.5) is 9.80 Å². The number of anilines is 1. The van der Waals surface area contributed by atoms with Gasteiger partial charge in [-0.1, -0.05) is 15.9 Å². The molecule has 1 aliphatic heterocycles.